The molecule has 0 aliphatic carbocycles. The lowest BCUT2D eigenvalue weighted by molar-refractivity contribution is 0.00989. The van der Waals surface area contributed by atoms with Gasteiger partial charge in [-0.2, -0.15) is 0 Å². The summed E-state index contributed by atoms with van der Waals surface area (Å²) in [6.45, 7) is 9.40. The van der Waals surface area contributed by atoms with E-state index in [4.69, 9.17) is 14.5 Å². The Kier molecular flexibility index (Phi) is 10.5. The summed E-state index contributed by atoms with van der Waals surface area (Å²) in [6.07, 6.45) is 3.41. The standard InChI is InChI=1S/C23H40N4O2/c1-6-24-23(27-14-12-21(13-15-27)29-17-7-16-28-5)25-18-22(26(3)4)20-10-8-19(2)9-11-20/h8-11,21-22H,6-7,12-18H2,1-5H3,(H,24,25). The first-order valence-electron chi connectivity index (χ1n) is 10.9. The number of likely N-dealkylation sites (N-methyl/N-ethyl adjacent to an activating group) is 1. The number of aryl methyl sites for hydroxylation is 1. The predicted octanol–water partition coefficient (Wildman–Crippen LogP) is 3.08. The predicted molar refractivity (Wildman–Crippen MR) is 121 cm³/mol. The van der Waals surface area contributed by atoms with E-state index in [1.807, 2.05) is 0 Å². The summed E-state index contributed by atoms with van der Waals surface area (Å²) in [6, 6.07) is 9.06. The Morgan fingerprint density at radius 1 is 1.21 bits per heavy atom. The van der Waals surface area contributed by atoms with Crippen molar-refractivity contribution in [3.05, 3.63) is 35.4 Å². The zero-order valence-electron chi connectivity index (χ0n) is 19.0. The van der Waals surface area contributed by atoms with Crippen molar-refractivity contribution in [3.63, 3.8) is 0 Å². The number of rotatable bonds is 10. The van der Waals surface area contributed by atoms with Crippen LogP contribution in [0.25, 0.3) is 0 Å². The molecule has 1 atom stereocenters. The lowest BCUT2D eigenvalue weighted by Gasteiger charge is -2.34. The Labute approximate surface area is 177 Å². The molecule has 0 radical (unpaired) electrons. The number of piperidine rings is 1. The molecule has 2 rings (SSSR count). The molecule has 0 saturated carbocycles. The van der Waals surface area contributed by atoms with Gasteiger partial charge in [0.1, 0.15) is 0 Å². The second-order valence-electron chi connectivity index (χ2n) is 7.99. The van der Waals surface area contributed by atoms with Gasteiger partial charge in [-0.05, 0) is 52.8 Å². The van der Waals surface area contributed by atoms with E-state index < -0.39 is 0 Å². The molecule has 29 heavy (non-hydrogen) atoms. The van der Waals surface area contributed by atoms with Crippen molar-refractivity contribution >= 4 is 5.96 Å². The van der Waals surface area contributed by atoms with Crippen LogP contribution in [0.15, 0.2) is 29.3 Å². The molecule has 0 amide bonds. The third-order valence-corrected chi connectivity index (χ3v) is 5.42. The molecule has 1 N–H and O–H groups in total. The molecule has 1 aliphatic heterocycles. The van der Waals surface area contributed by atoms with Gasteiger partial charge in [0.25, 0.3) is 0 Å². The van der Waals surface area contributed by atoms with Crippen LogP contribution in [0.1, 0.15) is 43.4 Å². The van der Waals surface area contributed by atoms with E-state index in [1.54, 1.807) is 7.11 Å². The third kappa shape index (κ3) is 7.96. The van der Waals surface area contributed by atoms with Crippen LogP contribution in [0.4, 0.5) is 0 Å². The molecule has 0 spiro atoms. The fourth-order valence-electron chi connectivity index (χ4n) is 3.64. The number of methoxy groups -OCH3 is 1. The molecule has 0 bridgehead atoms. The fraction of sp³-hybridized carbons (Fsp3) is 0.696. The maximum Gasteiger partial charge on any atom is 0.193 e. The van der Waals surface area contributed by atoms with Gasteiger partial charge in [-0.1, -0.05) is 29.8 Å². The monoisotopic (exact) mass is 404 g/mol. The minimum Gasteiger partial charge on any atom is -0.385 e. The second-order valence-corrected chi connectivity index (χ2v) is 7.99. The molecular weight excluding hydrogens is 364 g/mol. The number of likely N-dealkylation sites (tertiary alicyclic amines) is 1. The van der Waals surface area contributed by atoms with Crippen molar-refractivity contribution in [1.82, 2.24) is 15.1 Å². The zero-order valence-corrected chi connectivity index (χ0v) is 19.0. The molecule has 1 fully saturated rings. The van der Waals surface area contributed by atoms with Gasteiger partial charge >= 0.3 is 0 Å². The number of hydrogen-bond donors (Lipinski definition) is 1. The molecule has 6 nitrogen and oxygen atoms in total. The topological polar surface area (TPSA) is 49.3 Å². The molecule has 1 aliphatic rings. The van der Waals surface area contributed by atoms with Gasteiger partial charge in [0, 0.05) is 40.0 Å². The lowest BCUT2D eigenvalue weighted by Crippen LogP contribution is -2.47. The van der Waals surface area contributed by atoms with Crippen LogP contribution in [0.5, 0.6) is 0 Å². The molecule has 1 saturated heterocycles. The number of aliphatic imine (C=N–C) groups is 1. The number of guanidine groups is 1. The zero-order chi connectivity index (χ0) is 21.1. The van der Waals surface area contributed by atoms with Crippen LogP contribution in [0, 0.1) is 6.92 Å². The molecule has 1 heterocycles. The first-order valence-corrected chi connectivity index (χ1v) is 10.9. The van der Waals surface area contributed by atoms with Crippen molar-refractivity contribution in [3.8, 4) is 0 Å². The highest BCUT2D eigenvalue weighted by Crippen LogP contribution is 2.20. The summed E-state index contributed by atoms with van der Waals surface area (Å²) in [5, 5.41) is 3.48. The summed E-state index contributed by atoms with van der Waals surface area (Å²) < 4.78 is 11.1. The molecule has 6 heteroatoms. The highest BCUT2D eigenvalue weighted by atomic mass is 16.5. The van der Waals surface area contributed by atoms with Crippen molar-refractivity contribution in [2.45, 2.75) is 45.3 Å². The summed E-state index contributed by atoms with van der Waals surface area (Å²) in [4.78, 5) is 9.62. The first kappa shape index (κ1) is 23.6. The molecule has 1 aromatic rings. The van der Waals surface area contributed by atoms with Crippen molar-refractivity contribution in [2.24, 2.45) is 4.99 Å². The van der Waals surface area contributed by atoms with Crippen LogP contribution < -0.4 is 5.32 Å². The van der Waals surface area contributed by atoms with Crippen LogP contribution in [0.2, 0.25) is 0 Å². The van der Waals surface area contributed by atoms with Crippen LogP contribution in [0.3, 0.4) is 0 Å². The number of ether oxygens (including phenoxy) is 2. The summed E-state index contributed by atoms with van der Waals surface area (Å²) in [5.41, 5.74) is 2.60. The van der Waals surface area contributed by atoms with Gasteiger partial charge in [0.2, 0.25) is 0 Å². The van der Waals surface area contributed by atoms with Crippen LogP contribution in [-0.2, 0) is 9.47 Å². The van der Waals surface area contributed by atoms with Crippen molar-refractivity contribution in [1.29, 1.82) is 0 Å². The van der Waals surface area contributed by atoms with Gasteiger partial charge < -0.3 is 24.6 Å². The van der Waals surface area contributed by atoms with Gasteiger partial charge in [0.05, 0.1) is 18.7 Å². The normalized spacial score (nSPS) is 17.0. The van der Waals surface area contributed by atoms with Crippen LogP contribution in [-0.4, -0.2) is 82.5 Å². The molecule has 1 aromatic carbocycles. The Morgan fingerprint density at radius 2 is 1.90 bits per heavy atom. The summed E-state index contributed by atoms with van der Waals surface area (Å²) in [5.74, 6) is 1.02. The van der Waals surface area contributed by atoms with Crippen LogP contribution >= 0.6 is 0 Å². The number of nitrogens with zero attached hydrogens (tertiary/aromatic N) is 3. The van der Waals surface area contributed by atoms with E-state index in [2.05, 4.69) is 67.3 Å². The number of hydrogen-bond acceptors (Lipinski definition) is 4. The van der Waals surface area contributed by atoms with E-state index in [0.29, 0.717) is 6.10 Å². The second kappa shape index (κ2) is 12.8. The fourth-order valence-corrected chi connectivity index (χ4v) is 3.64. The molecule has 0 aromatic heterocycles. The molecular formula is C23H40N4O2. The van der Waals surface area contributed by atoms with Gasteiger partial charge in [-0.15, -0.1) is 0 Å². The largest absolute Gasteiger partial charge is 0.385 e. The Morgan fingerprint density at radius 3 is 2.48 bits per heavy atom. The van der Waals surface area contributed by atoms with Gasteiger partial charge in [-0.3, -0.25) is 4.99 Å². The van der Waals surface area contributed by atoms with E-state index in [0.717, 1.165) is 64.6 Å². The summed E-state index contributed by atoms with van der Waals surface area (Å²) >= 11 is 0. The third-order valence-electron chi connectivity index (χ3n) is 5.42. The van der Waals surface area contributed by atoms with Gasteiger partial charge in [0.15, 0.2) is 5.96 Å². The van der Waals surface area contributed by atoms with E-state index in [-0.39, 0.29) is 6.04 Å². The average Bonchev–Trinajstić information content (AvgIpc) is 2.72. The minimum atomic E-state index is 0.269. The summed E-state index contributed by atoms with van der Waals surface area (Å²) in [7, 11) is 5.98. The first-order chi connectivity index (χ1) is 14.0. The Balaban J connectivity index is 1.94. The molecule has 1 unspecified atom stereocenters. The smallest absolute Gasteiger partial charge is 0.193 e. The lowest BCUT2D eigenvalue weighted by atomic mass is 10.0. The SMILES string of the molecule is CCNC(=NCC(c1ccc(C)cc1)N(C)C)N1CCC(OCCCOC)CC1. The Bertz CT molecular complexity index is 595. The van der Waals surface area contributed by atoms with Crippen molar-refractivity contribution in [2.75, 3.05) is 60.6 Å². The van der Waals surface area contributed by atoms with E-state index in [9.17, 15) is 0 Å². The maximum atomic E-state index is 6.00. The van der Waals surface area contributed by atoms with E-state index in [1.165, 1.54) is 11.1 Å². The highest BCUT2D eigenvalue weighted by Gasteiger charge is 2.22. The Hall–Kier alpha value is -1.63. The van der Waals surface area contributed by atoms with E-state index >= 15 is 0 Å². The maximum absolute atomic E-state index is 6.00. The quantitative estimate of drug-likeness (QED) is 0.369. The number of benzene rings is 1. The van der Waals surface area contributed by atoms with Crippen molar-refractivity contribution < 1.29 is 9.47 Å². The highest BCUT2D eigenvalue weighted by molar-refractivity contribution is 5.80. The molecule has 164 valence electrons. The number of nitrogens with one attached hydrogen (secondary N) is 1. The minimum absolute atomic E-state index is 0.269. The van der Waals surface area contributed by atoms with Gasteiger partial charge in [-0.25, -0.2) is 0 Å². The average molecular weight is 405 g/mol.